The zero-order valence-electron chi connectivity index (χ0n) is 10.6. The lowest BCUT2D eigenvalue weighted by atomic mass is 10.0. The molecular formula is C12H21NO3. The Hall–Kier alpha value is -0.870. The summed E-state index contributed by atoms with van der Waals surface area (Å²) in [5.74, 6) is -0.258. The highest BCUT2D eigenvalue weighted by Gasteiger charge is 2.29. The van der Waals surface area contributed by atoms with E-state index in [0.29, 0.717) is 5.57 Å². The molecule has 0 amide bonds. The lowest BCUT2D eigenvalue weighted by Crippen LogP contribution is -2.52. The van der Waals surface area contributed by atoms with Gasteiger partial charge in [0.25, 0.3) is 0 Å². The fourth-order valence-electron chi connectivity index (χ4n) is 1.72. The van der Waals surface area contributed by atoms with Crippen molar-refractivity contribution >= 4 is 5.97 Å². The number of hydrogen-bond acceptors (Lipinski definition) is 4. The molecule has 0 saturated carbocycles. The predicted octanol–water partition coefficient (Wildman–Crippen LogP) is 1.22. The molecule has 0 atom stereocenters. The molecule has 1 aliphatic heterocycles. The first-order valence-electron chi connectivity index (χ1n) is 5.55. The second kappa shape index (κ2) is 5.46. The van der Waals surface area contributed by atoms with Gasteiger partial charge in [-0.3, -0.25) is 4.90 Å². The van der Waals surface area contributed by atoms with Crippen molar-refractivity contribution in [3.05, 3.63) is 11.6 Å². The first-order chi connectivity index (χ1) is 7.47. The van der Waals surface area contributed by atoms with Crippen LogP contribution in [0.2, 0.25) is 0 Å². The Bertz CT molecular complexity index is 284. The Morgan fingerprint density at radius 1 is 1.56 bits per heavy atom. The van der Waals surface area contributed by atoms with Crippen molar-refractivity contribution in [2.45, 2.75) is 26.3 Å². The Labute approximate surface area is 97.2 Å². The molecule has 1 aliphatic rings. The van der Waals surface area contributed by atoms with E-state index in [1.165, 1.54) is 7.11 Å². The van der Waals surface area contributed by atoms with Gasteiger partial charge in [-0.25, -0.2) is 4.79 Å². The molecule has 0 N–H and O–H groups in total. The minimum Gasteiger partial charge on any atom is -0.466 e. The second-order valence-electron chi connectivity index (χ2n) is 4.69. The van der Waals surface area contributed by atoms with Crippen LogP contribution in [0.3, 0.4) is 0 Å². The average Bonchev–Trinajstić information content (AvgIpc) is 2.25. The van der Waals surface area contributed by atoms with E-state index < -0.39 is 0 Å². The van der Waals surface area contributed by atoms with Crippen LogP contribution in [-0.4, -0.2) is 49.8 Å². The van der Waals surface area contributed by atoms with E-state index in [0.717, 1.165) is 26.3 Å². The molecule has 0 aromatic heterocycles. The summed E-state index contributed by atoms with van der Waals surface area (Å²) in [6.07, 6.45) is 1.92. The minimum absolute atomic E-state index is 0.0329. The van der Waals surface area contributed by atoms with Crippen LogP contribution in [0, 0.1) is 0 Å². The van der Waals surface area contributed by atoms with Crippen molar-refractivity contribution in [3.63, 3.8) is 0 Å². The van der Waals surface area contributed by atoms with Crippen LogP contribution in [0.1, 0.15) is 20.8 Å². The number of morpholine rings is 1. The summed E-state index contributed by atoms with van der Waals surface area (Å²) in [6, 6.07) is 0. The highest BCUT2D eigenvalue weighted by Crippen LogP contribution is 2.18. The molecule has 0 radical (unpaired) electrons. The number of esters is 1. The Kier molecular flexibility index (Phi) is 4.50. The van der Waals surface area contributed by atoms with Gasteiger partial charge in [0.2, 0.25) is 0 Å². The molecule has 1 fully saturated rings. The highest BCUT2D eigenvalue weighted by atomic mass is 16.5. The van der Waals surface area contributed by atoms with Crippen molar-refractivity contribution in [1.82, 2.24) is 4.90 Å². The van der Waals surface area contributed by atoms with Gasteiger partial charge in [0.05, 0.1) is 20.3 Å². The summed E-state index contributed by atoms with van der Waals surface area (Å²) in [5, 5.41) is 0. The number of carbonyl (C=O) groups is 1. The van der Waals surface area contributed by atoms with Gasteiger partial charge in [-0.05, 0) is 20.8 Å². The van der Waals surface area contributed by atoms with Crippen LogP contribution in [-0.2, 0) is 14.3 Å². The lowest BCUT2D eigenvalue weighted by molar-refractivity contribution is -0.136. The lowest BCUT2D eigenvalue weighted by Gasteiger charge is -2.41. The molecule has 1 heterocycles. The number of ether oxygens (including phenoxy) is 2. The van der Waals surface area contributed by atoms with Crippen LogP contribution in [0.15, 0.2) is 11.6 Å². The van der Waals surface area contributed by atoms with E-state index in [1.807, 2.05) is 6.08 Å². The monoisotopic (exact) mass is 227 g/mol. The number of rotatable bonds is 3. The van der Waals surface area contributed by atoms with Gasteiger partial charge in [-0.1, -0.05) is 6.08 Å². The molecule has 4 nitrogen and oxygen atoms in total. The van der Waals surface area contributed by atoms with E-state index in [4.69, 9.17) is 4.74 Å². The number of hydrogen-bond donors (Lipinski definition) is 0. The van der Waals surface area contributed by atoms with Crippen molar-refractivity contribution in [3.8, 4) is 0 Å². The Morgan fingerprint density at radius 3 is 2.81 bits per heavy atom. The van der Waals surface area contributed by atoms with Crippen LogP contribution < -0.4 is 0 Å². The first-order valence-corrected chi connectivity index (χ1v) is 5.55. The van der Waals surface area contributed by atoms with E-state index in [1.54, 1.807) is 6.92 Å². The Morgan fingerprint density at radius 2 is 2.25 bits per heavy atom. The molecule has 1 rings (SSSR count). The van der Waals surface area contributed by atoms with Gasteiger partial charge in [0, 0.05) is 24.2 Å². The maximum atomic E-state index is 11.2. The summed E-state index contributed by atoms with van der Waals surface area (Å²) in [7, 11) is 1.40. The molecule has 0 aromatic rings. The van der Waals surface area contributed by atoms with E-state index in [-0.39, 0.29) is 11.5 Å². The summed E-state index contributed by atoms with van der Waals surface area (Å²) < 4.78 is 10.1. The van der Waals surface area contributed by atoms with Crippen LogP contribution in [0.5, 0.6) is 0 Å². The van der Waals surface area contributed by atoms with Gasteiger partial charge in [0.1, 0.15) is 0 Å². The zero-order chi connectivity index (χ0) is 12.2. The third kappa shape index (κ3) is 3.32. The third-order valence-electron chi connectivity index (χ3n) is 2.94. The van der Waals surface area contributed by atoms with Crippen LogP contribution in [0.25, 0.3) is 0 Å². The molecule has 0 unspecified atom stereocenters. The zero-order valence-corrected chi connectivity index (χ0v) is 10.6. The smallest absolute Gasteiger partial charge is 0.333 e. The normalized spacial score (nSPS) is 21.9. The number of nitrogens with zero attached hydrogens (tertiary/aromatic N) is 1. The fourth-order valence-corrected chi connectivity index (χ4v) is 1.72. The largest absolute Gasteiger partial charge is 0.466 e. The summed E-state index contributed by atoms with van der Waals surface area (Å²) in [5.41, 5.74) is 0.690. The third-order valence-corrected chi connectivity index (χ3v) is 2.94. The van der Waals surface area contributed by atoms with Gasteiger partial charge in [-0.2, -0.15) is 0 Å². The molecule has 0 aromatic carbocycles. The van der Waals surface area contributed by atoms with Crippen LogP contribution >= 0.6 is 0 Å². The maximum absolute atomic E-state index is 11.2. The summed E-state index contributed by atoms with van der Waals surface area (Å²) >= 11 is 0. The maximum Gasteiger partial charge on any atom is 0.333 e. The van der Waals surface area contributed by atoms with Gasteiger partial charge in [0.15, 0.2) is 0 Å². The van der Waals surface area contributed by atoms with E-state index in [2.05, 4.69) is 23.5 Å². The highest BCUT2D eigenvalue weighted by molar-refractivity contribution is 5.87. The SMILES string of the molecule is COC(=O)C(C)=CCN1CCOCC1(C)C. The van der Waals surface area contributed by atoms with Crippen molar-refractivity contribution < 1.29 is 14.3 Å². The molecule has 1 saturated heterocycles. The standard InChI is InChI=1S/C12H21NO3/c1-10(11(14)15-4)5-6-13-7-8-16-9-12(13,2)3/h5H,6-9H2,1-4H3. The number of carbonyl (C=O) groups excluding carboxylic acids is 1. The van der Waals surface area contributed by atoms with E-state index in [9.17, 15) is 4.79 Å². The summed E-state index contributed by atoms with van der Waals surface area (Å²) in [4.78, 5) is 13.5. The van der Waals surface area contributed by atoms with E-state index >= 15 is 0 Å². The quantitative estimate of drug-likeness (QED) is 0.537. The van der Waals surface area contributed by atoms with Crippen LogP contribution in [0.4, 0.5) is 0 Å². The molecule has 0 bridgehead atoms. The molecule has 92 valence electrons. The topological polar surface area (TPSA) is 38.8 Å². The van der Waals surface area contributed by atoms with Gasteiger partial charge in [-0.15, -0.1) is 0 Å². The van der Waals surface area contributed by atoms with Crippen molar-refractivity contribution in [2.24, 2.45) is 0 Å². The molecule has 16 heavy (non-hydrogen) atoms. The average molecular weight is 227 g/mol. The first kappa shape index (κ1) is 13.2. The second-order valence-corrected chi connectivity index (χ2v) is 4.69. The molecule has 0 aliphatic carbocycles. The van der Waals surface area contributed by atoms with Crippen molar-refractivity contribution in [1.29, 1.82) is 0 Å². The number of methoxy groups -OCH3 is 1. The van der Waals surface area contributed by atoms with Crippen molar-refractivity contribution in [2.75, 3.05) is 33.4 Å². The molecule has 4 heteroatoms. The minimum atomic E-state index is -0.258. The fraction of sp³-hybridized carbons (Fsp3) is 0.750. The summed E-state index contributed by atoms with van der Waals surface area (Å²) in [6.45, 7) is 9.22. The Balaban J connectivity index is 2.56. The molecular weight excluding hydrogens is 206 g/mol. The van der Waals surface area contributed by atoms with Gasteiger partial charge >= 0.3 is 5.97 Å². The van der Waals surface area contributed by atoms with Gasteiger partial charge < -0.3 is 9.47 Å². The molecule has 0 spiro atoms. The predicted molar refractivity (Wildman–Crippen MR) is 62.2 cm³/mol.